The number of carbonyl (C=O) groups excluding carboxylic acids is 2. The Hall–Kier alpha value is -4.77. The number of methoxy groups -OCH3 is 2. The van der Waals surface area contributed by atoms with E-state index in [0.717, 1.165) is 11.0 Å². The van der Waals surface area contributed by atoms with Crippen LogP contribution < -0.4 is 24.4 Å². The molecule has 4 rings (SSSR count). The second kappa shape index (κ2) is 10.2. The van der Waals surface area contributed by atoms with Crippen molar-refractivity contribution in [1.82, 2.24) is 5.32 Å². The zero-order valence-electron chi connectivity index (χ0n) is 19.1. The van der Waals surface area contributed by atoms with Gasteiger partial charge in [0, 0.05) is 17.7 Å². The summed E-state index contributed by atoms with van der Waals surface area (Å²) in [4.78, 5) is 38.0. The van der Waals surface area contributed by atoms with E-state index in [1.54, 1.807) is 24.3 Å². The molecule has 2 amide bonds. The van der Waals surface area contributed by atoms with E-state index in [4.69, 9.17) is 26.4 Å². The van der Waals surface area contributed by atoms with Gasteiger partial charge in [-0.05, 0) is 54.7 Å². The number of thiocarbonyl (C=S) groups is 1. The Labute approximate surface area is 210 Å². The largest absolute Gasteiger partial charge is 0.496 e. The molecular weight excluding hydrogens is 486 g/mol. The molecule has 1 N–H and O–H groups in total. The molecule has 0 radical (unpaired) electrons. The van der Waals surface area contributed by atoms with E-state index < -0.39 is 16.7 Å². The number of benzene rings is 3. The molecule has 0 bridgehead atoms. The molecule has 1 heterocycles. The average molecular weight is 506 g/mol. The van der Waals surface area contributed by atoms with Crippen LogP contribution in [-0.4, -0.2) is 36.1 Å². The van der Waals surface area contributed by atoms with Crippen molar-refractivity contribution in [1.29, 1.82) is 0 Å². The average Bonchev–Trinajstić information content (AvgIpc) is 2.87. The van der Waals surface area contributed by atoms with Crippen molar-refractivity contribution in [3.63, 3.8) is 0 Å². The van der Waals surface area contributed by atoms with Crippen LogP contribution in [0.4, 0.5) is 11.4 Å². The van der Waals surface area contributed by atoms with Gasteiger partial charge in [0.25, 0.3) is 11.8 Å². The molecule has 11 heteroatoms. The van der Waals surface area contributed by atoms with Gasteiger partial charge in [0.2, 0.25) is 5.75 Å². The van der Waals surface area contributed by atoms with Gasteiger partial charge in [-0.25, -0.2) is 0 Å². The van der Waals surface area contributed by atoms with Gasteiger partial charge < -0.3 is 14.2 Å². The first-order chi connectivity index (χ1) is 17.3. The lowest BCUT2D eigenvalue weighted by atomic mass is 10.0. The third-order valence-corrected chi connectivity index (χ3v) is 5.49. The summed E-state index contributed by atoms with van der Waals surface area (Å²) in [6, 6.07) is 18.2. The first kappa shape index (κ1) is 24.4. The minimum absolute atomic E-state index is 0.0287. The molecule has 3 aromatic rings. The summed E-state index contributed by atoms with van der Waals surface area (Å²) >= 11 is 5.24. The molecule has 0 unspecified atom stereocenters. The highest BCUT2D eigenvalue weighted by atomic mass is 32.1. The van der Waals surface area contributed by atoms with E-state index in [-0.39, 0.29) is 33.4 Å². The van der Waals surface area contributed by atoms with Gasteiger partial charge in [-0.2, -0.15) is 0 Å². The number of rotatable bonds is 7. The first-order valence-electron chi connectivity index (χ1n) is 10.5. The van der Waals surface area contributed by atoms with Crippen molar-refractivity contribution >= 4 is 46.6 Å². The summed E-state index contributed by atoms with van der Waals surface area (Å²) in [5, 5.41) is 13.8. The van der Waals surface area contributed by atoms with Gasteiger partial charge in [0.05, 0.1) is 24.8 Å². The molecule has 0 atom stereocenters. The molecule has 1 saturated heterocycles. The number of nitrogens with zero attached hydrogens (tertiary/aromatic N) is 2. The fourth-order valence-corrected chi connectivity index (χ4v) is 3.78. The van der Waals surface area contributed by atoms with Crippen molar-refractivity contribution in [3.05, 3.63) is 88.0 Å². The van der Waals surface area contributed by atoms with Crippen molar-refractivity contribution < 1.29 is 28.7 Å². The second-order valence-corrected chi connectivity index (χ2v) is 7.78. The van der Waals surface area contributed by atoms with E-state index in [9.17, 15) is 19.7 Å². The van der Waals surface area contributed by atoms with E-state index in [0.29, 0.717) is 17.2 Å². The quantitative estimate of drug-likeness (QED) is 0.167. The fraction of sp³-hybridized carbons (Fsp3) is 0.0800. The zero-order chi connectivity index (χ0) is 25.8. The van der Waals surface area contributed by atoms with Gasteiger partial charge in [-0.1, -0.05) is 18.2 Å². The number of hydrogen-bond donors (Lipinski definition) is 1. The van der Waals surface area contributed by atoms with Gasteiger partial charge in [-0.15, -0.1) is 0 Å². The van der Waals surface area contributed by atoms with Crippen molar-refractivity contribution in [2.45, 2.75) is 0 Å². The minimum atomic E-state index is -0.745. The number of amides is 2. The molecular formula is C25H19N3O7S. The van der Waals surface area contributed by atoms with Crippen LogP contribution in [0.1, 0.15) is 5.56 Å². The molecule has 0 saturated carbocycles. The van der Waals surface area contributed by atoms with Crippen LogP contribution in [0.2, 0.25) is 0 Å². The molecule has 0 aliphatic carbocycles. The van der Waals surface area contributed by atoms with Crippen LogP contribution in [0.15, 0.2) is 72.3 Å². The lowest BCUT2D eigenvalue weighted by Gasteiger charge is -2.29. The Morgan fingerprint density at radius 3 is 2.19 bits per heavy atom. The fourth-order valence-electron chi connectivity index (χ4n) is 3.50. The Balaban J connectivity index is 1.68. The summed E-state index contributed by atoms with van der Waals surface area (Å²) in [6.07, 6.45) is 1.21. The van der Waals surface area contributed by atoms with Crippen LogP contribution in [0.5, 0.6) is 23.0 Å². The molecule has 1 aliphatic rings. The minimum Gasteiger partial charge on any atom is -0.496 e. The number of ether oxygens (including phenoxy) is 3. The van der Waals surface area contributed by atoms with Gasteiger partial charge >= 0.3 is 5.69 Å². The number of anilines is 1. The molecule has 0 aromatic heterocycles. The van der Waals surface area contributed by atoms with Crippen LogP contribution >= 0.6 is 12.2 Å². The maximum Gasteiger partial charge on any atom is 0.311 e. The van der Waals surface area contributed by atoms with Gasteiger partial charge in [0.15, 0.2) is 5.11 Å². The highest BCUT2D eigenvalue weighted by Gasteiger charge is 2.35. The van der Waals surface area contributed by atoms with Gasteiger partial charge in [0.1, 0.15) is 22.8 Å². The number of hydrogen-bond acceptors (Lipinski definition) is 8. The highest BCUT2D eigenvalue weighted by Crippen LogP contribution is 2.36. The molecule has 182 valence electrons. The molecule has 1 fully saturated rings. The molecule has 0 spiro atoms. The number of para-hydroxylation sites is 1. The molecule has 3 aromatic carbocycles. The standard InChI is InChI=1S/C25H19N3O7S/c1-33-21-14-22(34-2)20(28(31)32)13-15(21)12-19-23(29)26-25(36)27(24(19)30)16-8-10-18(11-9-16)35-17-6-4-3-5-7-17/h3-14H,1-2H3,(H,26,29,36)/b19-12+. The highest BCUT2D eigenvalue weighted by molar-refractivity contribution is 7.80. The lowest BCUT2D eigenvalue weighted by molar-refractivity contribution is -0.385. The van der Waals surface area contributed by atoms with Crippen molar-refractivity contribution in [2.75, 3.05) is 19.1 Å². The summed E-state index contributed by atoms with van der Waals surface area (Å²) in [5.74, 6) is -0.122. The smallest absolute Gasteiger partial charge is 0.311 e. The number of carbonyl (C=O) groups is 2. The maximum absolute atomic E-state index is 13.3. The van der Waals surface area contributed by atoms with Crippen molar-refractivity contribution in [3.8, 4) is 23.0 Å². The number of nitro benzene ring substituents is 1. The van der Waals surface area contributed by atoms with Crippen LogP contribution in [0.3, 0.4) is 0 Å². The van der Waals surface area contributed by atoms with E-state index in [2.05, 4.69) is 5.32 Å². The Bertz CT molecular complexity index is 1390. The Morgan fingerprint density at radius 1 is 0.944 bits per heavy atom. The topological polar surface area (TPSA) is 120 Å². The van der Waals surface area contributed by atoms with E-state index >= 15 is 0 Å². The maximum atomic E-state index is 13.3. The third-order valence-electron chi connectivity index (χ3n) is 5.20. The van der Waals surface area contributed by atoms with Crippen LogP contribution in [0.25, 0.3) is 6.08 Å². The predicted octanol–water partition coefficient (Wildman–Crippen LogP) is 4.24. The number of nitrogens with one attached hydrogen (secondary N) is 1. The normalized spacial score (nSPS) is 14.4. The SMILES string of the molecule is COc1cc(OC)c([N+](=O)[O-])cc1/C=C1\C(=O)NC(=S)N(c2ccc(Oc3ccccc3)cc2)C1=O. The summed E-state index contributed by atoms with van der Waals surface area (Å²) in [7, 11) is 2.64. The van der Waals surface area contributed by atoms with E-state index in [1.807, 2.05) is 30.3 Å². The van der Waals surface area contributed by atoms with Crippen molar-refractivity contribution in [2.24, 2.45) is 0 Å². The van der Waals surface area contributed by atoms with E-state index in [1.165, 1.54) is 26.4 Å². The summed E-state index contributed by atoms with van der Waals surface area (Å²) < 4.78 is 16.1. The molecule has 10 nitrogen and oxygen atoms in total. The number of nitro groups is 1. The molecule has 1 aliphatic heterocycles. The third kappa shape index (κ3) is 4.86. The summed E-state index contributed by atoms with van der Waals surface area (Å²) in [6.45, 7) is 0. The second-order valence-electron chi connectivity index (χ2n) is 7.39. The predicted molar refractivity (Wildman–Crippen MR) is 135 cm³/mol. The summed E-state index contributed by atoms with van der Waals surface area (Å²) in [5.41, 5.74) is -0.104. The Kier molecular flexibility index (Phi) is 6.93. The monoisotopic (exact) mass is 505 g/mol. The zero-order valence-corrected chi connectivity index (χ0v) is 19.9. The van der Waals surface area contributed by atoms with Crippen LogP contribution in [0, 0.1) is 10.1 Å². The first-order valence-corrected chi connectivity index (χ1v) is 10.9. The van der Waals surface area contributed by atoms with Crippen LogP contribution in [-0.2, 0) is 9.59 Å². The molecule has 36 heavy (non-hydrogen) atoms. The van der Waals surface area contributed by atoms with Gasteiger partial charge in [-0.3, -0.25) is 29.9 Å². The Morgan fingerprint density at radius 2 is 1.58 bits per heavy atom. The lowest BCUT2D eigenvalue weighted by Crippen LogP contribution is -2.54.